The molecule has 1 amide bonds. The predicted octanol–water partition coefficient (Wildman–Crippen LogP) is 2.37. The Morgan fingerprint density at radius 1 is 1.45 bits per heavy atom. The number of aryl methyl sites for hydroxylation is 2. The Kier molecular flexibility index (Phi) is 5.01. The van der Waals surface area contributed by atoms with Crippen LogP contribution in [0.2, 0.25) is 0 Å². The first kappa shape index (κ1) is 14.9. The van der Waals surface area contributed by atoms with Gasteiger partial charge in [0.1, 0.15) is 5.75 Å². The van der Waals surface area contributed by atoms with Crippen molar-refractivity contribution in [1.82, 2.24) is 5.32 Å². The number of carbonyl (C=O) groups excluding carboxylic acids is 1. The molecule has 1 heterocycles. The van der Waals surface area contributed by atoms with Crippen molar-refractivity contribution in [2.75, 3.05) is 13.2 Å². The smallest absolute Gasteiger partial charge is 0.260 e. The molecule has 0 spiro atoms. The lowest BCUT2D eigenvalue weighted by Crippen LogP contribution is -2.40. The standard InChI is InChI=1S/C16H23NO3/c1-11-6-7-14(9-12(11)2)20-13(3)16(18)17-10-15-5-4-8-19-15/h6-7,9,13,15H,4-5,8,10H2,1-3H3,(H,17,18)/t13-,15+/m0/s1. The van der Waals surface area contributed by atoms with Crippen molar-refractivity contribution in [1.29, 1.82) is 0 Å². The summed E-state index contributed by atoms with van der Waals surface area (Å²) < 4.78 is 11.1. The van der Waals surface area contributed by atoms with E-state index in [1.807, 2.05) is 25.1 Å². The van der Waals surface area contributed by atoms with E-state index >= 15 is 0 Å². The number of hydrogen-bond acceptors (Lipinski definition) is 3. The predicted molar refractivity (Wildman–Crippen MR) is 78.0 cm³/mol. The summed E-state index contributed by atoms with van der Waals surface area (Å²) in [6.07, 6.45) is 1.76. The lowest BCUT2D eigenvalue weighted by atomic mass is 10.1. The Bertz CT molecular complexity index is 467. The molecule has 1 fully saturated rings. The highest BCUT2D eigenvalue weighted by molar-refractivity contribution is 5.80. The van der Waals surface area contributed by atoms with Gasteiger partial charge in [-0.05, 0) is 56.9 Å². The second kappa shape index (κ2) is 6.75. The SMILES string of the molecule is Cc1ccc(O[C@@H](C)C(=O)NC[C@H]2CCCO2)cc1C. The zero-order valence-corrected chi connectivity index (χ0v) is 12.4. The third kappa shape index (κ3) is 3.97. The van der Waals surface area contributed by atoms with Crippen LogP contribution in [-0.2, 0) is 9.53 Å². The van der Waals surface area contributed by atoms with Gasteiger partial charge in [0.15, 0.2) is 6.10 Å². The van der Waals surface area contributed by atoms with Crippen molar-refractivity contribution in [2.45, 2.75) is 45.8 Å². The molecule has 20 heavy (non-hydrogen) atoms. The maximum Gasteiger partial charge on any atom is 0.260 e. The molecule has 0 unspecified atom stereocenters. The molecule has 1 aliphatic rings. The number of benzene rings is 1. The third-order valence-corrected chi connectivity index (χ3v) is 3.69. The Morgan fingerprint density at radius 3 is 2.90 bits per heavy atom. The minimum absolute atomic E-state index is 0.0984. The summed E-state index contributed by atoms with van der Waals surface area (Å²) in [4.78, 5) is 12.0. The molecule has 0 aromatic heterocycles. The molecule has 4 nitrogen and oxygen atoms in total. The van der Waals surface area contributed by atoms with Gasteiger partial charge in [-0.25, -0.2) is 0 Å². The van der Waals surface area contributed by atoms with Gasteiger partial charge in [0.2, 0.25) is 0 Å². The number of hydrogen-bond donors (Lipinski definition) is 1. The van der Waals surface area contributed by atoms with Gasteiger partial charge in [-0.15, -0.1) is 0 Å². The minimum Gasteiger partial charge on any atom is -0.481 e. The first-order valence-corrected chi connectivity index (χ1v) is 7.19. The second-order valence-corrected chi connectivity index (χ2v) is 5.39. The number of ether oxygens (including phenoxy) is 2. The highest BCUT2D eigenvalue weighted by Gasteiger charge is 2.19. The Labute approximate surface area is 120 Å². The van der Waals surface area contributed by atoms with E-state index in [1.54, 1.807) is 6.92 Å². The molecule has 2 rings (SSSR count). The lowest BCUT2D eigenvalue weighted by molar-refractivity contribution is -0.127. The summed E-state index contributed by atoms with van der Waals surface area (Å²) >= 11 is 0. The van der Waals surface area contributed by atoms with Crippen LogP contribution in [0.1, 0.15) is 30.9 Å². The number of nitrogens with one attached hydrogen (secondary N) is 1. The van der Waals surface area contributed by atoms with Crippen molar-refractivity contribution in [2.24, 2.45) is 0 Å². The summed E-state index contributed by atoms with van der Waals surface area (Å²) in [6.45, 7) is 7.22. The summed E-state index contributed by atoms with van der Waals surface area (Å²) in [5, 5.41) is 2.88. The van der Waals surface area contributed by atoms with Crippen molar-refractivity contribution in [3.05, 3.63) is 29.3 Å². The van der Waals surface area contributed by atoms with Crippen LogP contribution in [0.4, 0.5) is 0 Å². The molecule has 2 atom stereocenters. The maximum atomic E-state index is 12.0. The first-order valence-electron chi connectivity index (χ1n) is 7.19. The molecular weight excluding hydrogens is 254 g/mol. The van der Waals surface area contributed by atoms with Crippen molar-refractivity contribution in [3.63, 3.8) is 0 Å². The Balaban J connectivity index is 1.81. The van der Waals surface area contributed by atoms with Crippen LogP contribution in [0.5, 0.6) is 5.75 Å². The van der Waals surface area contributed by atoms with Crippen molar-refractivity contribution in [3.8, 4) is 5.75 Å². The van der Waals surface area contributed by atoms with E-state index in [0.29, 0.717) is 6.54 Å². The molecule has 1 aliphatic heterocycles. The van der Waals surface area contributed by atoms with Gasteiger partial charge in [-0.2, -0.15) is 0 Å². The Hall–Kier alpha value is -1.55. The van der Waals surface area contributed by atoms with Crippen LogP contribution < -0.4 is 10.1 Å². The lowest BCUT2D eigenvalue weighted by Gasteiger charge is -2.17. The van der Waals surface area contributed by atoms with Gasteiger partial charge in [0.05, 0.1) is 6.10 Å². The minimum atomic E-state index is -0.501. The number of carbonyl (C=O) groups is 1. The summed E-state index contributed by atoms with van der Waals surface area (Å²) in [6, 6.07) is 5.85. The zero-order chi connectivity index (χ0) is 14.5. The Morgan fingerprint density at radius 2 is 2.25 bits per heavy atom. The monoisotopic (exact) mass is 277 g/mol. The van der Waals surface area contributed by atoms with E-state index in [4.69, 9.17) is 9.47 Å². The number of rotatable bonds is 5. The van der Waals surface area contributed by atoms with Crippen LogP contribution in [-0.4, -0.2) is 31.3 Å². The highest BCUT2D eigenvalue weighted by Crippen LogP contribution is 2.17. The largest absolute Gasteiger partial charge is 0.481 e. The number of amides is 1. The fourth-order valence-electron chi connectivity index (χ4n) is 2.21. The molecule has 0 aliphatic carbocycles. The molecule has 0 saturated carbocycles. The molecule has 1 saturated heterocycles. The van der Waals surface area contributed by atoms with Crippen molar-refractivity contribution < 1.29 is 14.3 Å². The van der Waals surface area contributed by atoms with Gasteiger partial charge in [0.25, 0.3) is 5.91 Å². The highest BCUT2D eigenvalue weighted by atomic mass is 16.5. The van der Waals surface area contributed by atoms with Crippen LogP contribution in [0.15, 0.2) is 18.2 Å². The molecule has 110 valence electrons. The van der Waals surface area contributed by atoms with E-state index in [-0.39, 0.29) is 12.0 Å². The summed E-state index contributed by atoms with van der Waals surface area (Å²) in [5.74, 6) is 0.631. The molecule has 4 heteroatoms. The van der Waals surface area contributed by atoms with Crippen LogP contribution in [0.25, 0.3) is 0 Å². The fraction of sp³-hybridized carbons (Fsp3) is 0.562. The van der Waals surface area contributed by atoms with E-state index in [1.165, 1.54) is 5.56 Å². The van der Waals surface area contributed by atoms with Crippen LogP contribution in [0.3, 0.4) is 0 Å². The summed E-state index contributed by atoms with van der Waals surface area (Å²) in [7, 11) is 0. The van der Waals surface area contributed by atoms with Gasteiger partial charge < -0.3 is 14.8 Å². The van der Waals surface area contributed by atoms with Crippen LogP contribution >= 0.6 is 0 Å². The maximum absolute atomic E-state index is 12.0. The van der Waals surface area contributed by atoms with Gasteiger partial charge in [-0.1, -0.05) is 6.07 Å². The molecular formula is C16H23NO3. The van der Waals surface area contributed by atoms with Crippen LogP contribution in [0, 0.1) is 13.8 Å². The average molecular weight is 277 g/mol. The zero-order valence-electron chi connectivity index (χ0n) is 12.4. The normalized spacial score (nSPS) is 19.6. The van der Waals surface area contributed by atoms with Gasteiger partial charge in [0, 0.05) is 13.2 Å². The van der Waals surface area contributed by atoms with Gasteiger partial charge in [-0.3, -0.25) is 4.79 Å². The van der Waals surface area contributed by atoms with Gasteiger partial charge >= 0.3 is 0 Å². The van der Waals surface area contributed by atoms with E-state index in [2.05, 4.69) is 12.2 Å². The van der Waals surface area contributed by atoms with E-state index in [9.17, 15) is 4.79 Å². The van der Waals surface area contributed by atoms with Crippen molar-refractivity contribution >= 4 is 5.91 Å². The average Bonchev–Trinajstić information content (AvgIpc) is 2.93. The summed E-state index contributed by atoms with van der Waals surface area (Å²) in [5.41, 5.74) is 2.38. The molecule has 1 N–H and O–H groups in total. The first-order chi connectivity index (χ1) is 9.56. The van der Waals surface area contributed by atoms with E-state index in [0.717, 1.165) is 30.8 Å². The topological polar surface area (TPSA) is 47.6 Å². The third-order valence-electron chi connectivity index (χ3n) is 3.69. The molecule has 1 aromatic rings. The van der Waals surface area contributed by atoms with E-state index < -0.39 is 6.10 Å². The molecule has 0 bridgehead atoms. The second-order valence-electron chi connectivity index (χ2n) is 5.39. The fourth-order valence-corrected chi connectivity index (χ4v) is 2.21. The quantitative estimate of drug-likeness (QED) is 0.899. The molecule has 0 radical (unpaired) electrons. The molecule has 1 aromatic carbocycles.